The molecule has 280 valence electrons. The lowest BCUT2D eigenvalue weighted by molar-refractivity contribution is 0.0436. The number of rotatable bonds is 7. The first-order valence-electron chi connectivity index (χ1n) is 20.4. The fourth-order valence-electron chi connectivity index (χ4n) is 10.9. The molecular formula is C47H54N4O3. The third-order valence-corrected chi connectivity index (χ3v) is 13.3. The number of nitrogens with zero attached hydrogens (tertiary/aromatic N) is 4. The Labute approximate surface area is 317 Å². The molecule has 6 aromatic rings. The molecule has 3 heterocycles. The highest BCUT2D eigenvalue weighted by atomic mass is 16.2. The third kappa shape index (κ3) is 4.79. The van der Waals surface area contributed by atoms with Gasteiger partial charge in [0.05, 0.1) is 10.7 Å². The number of imide groups is 1. The fraction of sp³-hybridized carbons (Fsp3) is 0.468. The van der Waals surface area contributed by atoms with E-state index in [0.717, 1.165) is 105 Å². The van der Waals surface area contributed by atoms with Gasteiger partial charge in [0.2, 0.25) is 0 Å². The highest BCUT2D eigenvalue weighted by molar-refractivity contribution is 6.42. The van der Waals surface area contributed by atoms with E-state index in [0.29, 0.717) is 23.0 Å². The Morgan fingerprint density at radius 3 is 1.61 bits per heavy atom. The number of benzene rings is 5. The van der Waals surface area contributed by atoms with Gasteiger partial charge in [-0.15, -0.1) is 0 Å². The number of carbonyl (C=O) groups is 2. The molecule has 2 amide bonds. The smallest absolute Gasteiger partial charge is 0.261 e. The SMILES string of the molecule is CC(C)C(C(C)C)N1C(=O)c2ccc3c4ccc5c(=C6CCC6)n(C(C(C)C)C(C)C)c(=O)c6cc(N7CCN(C)CC7)c(c7ccc(c2c37)C1=O)c4c65. The third-order valence-electron chi connectivity index (χ3n) is 13.3. The van der Waals surface area contributed by atoms with Crippen LogP contribution in [0.25, 0.3) is 59.4 Å². The molecule has 5 aromatic carbocycles. The van der Waals surface area contributed by atoms with Crippen LogP contribution in [-0.2, 0) is 0 Å². The van der Waals surface area contributed by atoms with Gasteiger partial charge in [0.25, 0.3) is 17.4 Å². The average Bonchev–Trinajstić information content (AvgIpc) is 3.10. The number of anilines is 1. The normalized spacial score (nSPS) is 17.4. The van der Waals surface area contributed by atoms with Gasteiger partial charge in [-0.2, -0.15) is 0 Å². The Morgan fingerprint density at radius 2 is 1.06 bits per heavy atom. The monoisotopic (exact) mass is 722 g/mol. The van der Waals surface area contributed by atoms with Crippen LogP contribution in [0.1, 0.15) is 101 Å². The first-order chi connectivity index (χ1) is 25.8. The van der Waals surface area contributed by atoms with Crippen molar-refractivity contribution in [2.45, 2.75) is 86.7 Å². The minimum atomic E-state index is -0.205. The summed E-state index contributed by atoms with van der Waals surface area (Å²) in [4.78, 5) is 50.7. The Bertz CT molecular complexity index is 2610. The van der Waals surface area contributed by atoms with E-state index in [1.165, 1.54) is 11.0 Å². The number of piperazine rings is 1. The van der Waals surface area contributed by atoms with Crippen LogP contribution in [0.3, 0.4) is 0 Å². The van der Waals surface area contributed by atoms with Crippen molar-refractivity contribution in [1.29, 1.82) is 0 Å². The van der Waals surface area contributed by atoms with Crippen molar-refractivity contribution < 1.29 is 9.59 Å². The van der Waals surface area contributed by atoms with Crippen LogP contribution >= 0.6 is 0 Å². The minimum Gasteiger partial charge on any atom is -0.368 e. The van der Waals surface area contributed by atoms with E-state index in [9.17, 15) is 9.59 Å². The number of hydrogen-bond donors (Lipinski definition) is 0. The predicted molar refractivity (Wildman–Crippen MR) is 224 cm³/mol. The summed E-state index contributed by atoms with van der Waals surface area (Å²) in [5.74, 6) is 0.428. The Morgan fingerprint density at radius 1 is 0.537 bits per heavy atom. The minimum absolute atomic E-state index is 0.0700. The lowest BCUT2D eigenvalue weighted by atomic mass is 9.81. The molecule has 0 atom stereocenters. The second-order valence-corrected chi connectivity index (χ2v) is 18.0. The number of fused-ring (bicyclic) bond motifs is 2. The average molecular weight is 723 g/mol. The molecule has 7 heteroatoms. The van der Waals surface area contributed by atoms with Crippen molar-refractivity contribution in [2.75, 3.05) is 38.1 Å². The van der Waals surface area contributed by atoms with Gasteiger partial charge in [-0.25, -0.2) is 0 Å². The molecule has 0 spiro atoms. The van der Waals surface area contributed by atoms with Crippen LogP contribution in [0.2, 0.25) is 0 Å². The van der Waals surface area contributed by atoms with Crippen molar-refractivity contribution in [2.24, 2.45) is 23.7 Å². The Hall–Kier alpha value is -4.49. The molecule has 7 nitrogen and oxygen atoms in total. The van der Waals surface area contributed by atoms with Gasteiger partial charge in [0, 0.05) is 82.0 Å². The molecular weight excluding hydrogens is 669 g/mol. The Kier molecular flexibility index (Phi) is 8.17. The summed E-state index contributed by atoms with van der Waals surface area (Å²) in [6.07, 6.45) is 3.20. The maximum atomic E-state index is 15.3. The van der Waals surface area contributed by atoms with E-state index in [2.05, 4.69) is 107 Å². The van der Waals surface area contributed by atoms with E-state index in [1.807, 2.05) is 12.1 Å². The maximum Gasteiger partial charge on any atom is 0.261 e. The van der Waals surface area contributed by atoms with E-state index in [1.54, 1.807) is 4.90 Å². The molecule has 1 aliphatic carbocycles. The standard InChI is InChI=1S/C47H54N4O3/c1-24(2)42(25(3)4)50-44(28-11-10-12-28)32-16-13-30-29-14-17-33-39-34(46(53)51(45(33)52)43(26(5)6)27(7)8)18-15-31(37(29)39)40-36(49-21-19-48(9)20-22-49)23-35(47(50)54)38(32)41(30)40/h13-18,23-27,42-43H,10-12,19-22H2,1-9H3. The van der Waals surface area contributed by atoms with Gasteiger partial charge in [-0.05, 0) is 95.3 Å². The van der Waals surface area contributed by atoms with E-state index < -0.39 is 0 Å². The maximum absolute atomic E-state index is 15.3. The molecule has 1 aromatic heterocycles. The summed E-state index contributed by atoms with van der Waals surface area (Å²) in [6, 6.07) is 14.8. The van der Waals surface area contributed by atoms with Gasteiger partial charge in [0.1, 0.15) is 0 Å². The molecule has 1 saturated heterocycles. The molecule has 2 fully saturated rings. The zero-order valence-corrected chi connectivity index (χ0v) is 33.5. The van der Waals surface area contributed by atoms with Gasteiger partial charge >= 0.3 is 0 Å². The topological polar surface area (TPSA) is 65.9 Å². The van der Waals surface area contributed by atoms with Gasteiger partial charge < -0.3 is 14.4 Å². The van der Waals surface area contributed by atoms with Crippen LogP contribution in [-0.4, -0.2) is 65.4 Å². The zero-order valence-electron chi connectivity index (χ0n) is 33.5. The Balaban J connectivity index is 1.45. The highest BCUT2D eigenvalue weighted by Gasteiger charge is 2.41. The summed E-state index contributed by atoms with van der Waals surface area (Å²) in [5.41, 5.74) is 3.77. The molecule has 0 radical (unpaired) electrons. The highest BCUT2D eigenvalue weighted by Crippen LogP contribution is 2.49. The second-order valence-electron chi connectivity index (χ2n) is 18.0. The number of carbonyl (C=O) groups excluding carboxylic acids is 2. The van der Waals surface area contributed by atoms with Crippen molar-refractivity contribution in [3.8, 4) is 0 Å². The molecule has 54 heavy (non-hydrogen) atoms. The number of pyridine rings is 1. The van der Waals surface area contributed by atoms with Crippen LogP contribution < -0.4 is 15.8 Å². The fourth-order valence-corrected chi connectivity index (χ4v) is 10.9. The second kappa shape index (κ2) is 12.5. The van der Waals surface area contributed by atoms with Crippen LogP contribution in [0, 0.1) is 23.7 Å². The largest absolute Gasteiger partial charge is 0.368 e. The molecule has 1 saturated carbocycles. The van der Waals surface area contributed by atoms with E-state index in [-0.39, 0.29) is 41.3 Å². The van der Waals surface area contributed by atoms with Crippen LogP contribution in [0.4, 0.5) is 5.69 Å². The number of aromatic nitrogens is 1. The zero-order chi connectivity index (χ0) is 38.1. The summed E-state index contributed by atoms with van der Waals surface area (Å²) < 4.78 is 2.20. The van der Waals surface area contributed by atoms with E-state index in [4.69, 9.17) is 0 Å². The van der Waals surface area contributed by atoms with Crippen molar-refractivity contribution in [3.05, 3.63) is 69.3 Å². The van der Waals surface area contributed by atoms with Gasteiger partial charge in [-0.3, -0.25) is 19.3 Å². The number of likely N-dealkylation sites (N-methyl/N-ethyl adjacent to an activating group) is 1. The predicted octanol–water partition coefficient (Wildman–Crippen LogP) is 8.99. The molecule has 0 unspecified atom stereocenters. The number of amides is 2. The van der Waals surface area contributed by atoms with Gasteiger partial charge in [-0.1, -0.05) is 79.7 Å². The molecule has 2 aliphatic heterocycles. The van der Waals surface area contributed by atoms with Gasteiger partial charge in [0.15, 0.2) is 0 Å². The molecule has 0 N–H and O–H groups in total. The lowest BCUT2D eigenvalue weighted by Crippen LogP contribution is -2.51. The summed E-state index contributed by atoms with van der Waals surface area (Å²) in [6.45, 7) is 20.9. The molecule has 3 aliphatic rings. The summed E-state index contributed by atoms with van der Waals surface area (Å²) >= 11 is 0. The van der Waals surface area contributed by atoms with Crippen molar-refractivity contribution in [3.63, 3.8) is 0 Å². The summed E-state index contributed by atoms with van der Waals surface area (Å²) in [5, 5.41) is 11.3. The number of hydrogen-bond acceptors (Lipinski definition) is 5. The van der Waals surface area contributed by atoms with Crippen LogP contribution in [0.5, 0.6) is 0 Å². The lowest BCUT2D eigenvalue weighted by Gasteiger charge is -2.39. The summed E-state index contributed by atoms with van der Waals surface area (Å²) in [7, 11) is 2.17. The van der Waals surface area contributed by atoms with Crippen molar-refractivity contribution >= 4 is 76.9 Å². The van der Waals surface area contributed by atoms with Crippen LogP contribution in [0.15, 0.2) is 47.3 Å². The quantitative estimate of drug-likeness (QED) is 0.0936. The van der Waals surface area contributed by atoms with Crippen molar-refractivity contribution in [1.82, 2.24) is 14.4 Å². The molecule has 9 rings (SSSR count). The molecule has 0 bridgehead atoms. The first kappa shape index (κ1) is 35.2. The van der Waals surface area contributed by atoms with E-state index >= 15 is 4.79 Å². The first-order valence-corrected chi connectivity index (χ1v) is 20.4.